The number of aliphatic hydroxyl groups is 1. The summed E-state index contributed by atoms with van der Waals surface area (Å²) in [5.74, 6) is -0.176. The normalized spacial score (nSPS) is 13.5. The highest BCUT2D eigenvalue weighted by atomic mass is 31.2. The van der Waals surface area contributed by atoms with Gasteiger partial charge in [-0.05, 0) is 32.1 Å². The number of rotatable bonds is 77. The number of hydrogen-bond donors (Lipinski definition) is 3. The van der Waals surface area contributed by atoms with Gasteiger partial charge in [0.25, 0.3) is 0 Å². The molecular formula is C81H162N2O6P+. The maximum Gasteiger partial charge on any atom is 0.472 e. The largest absolute Gasteiger partial charge is 0.472 e. The average molecular weight is 1290 g/mol. The Balaban J connectivity index is 3.90. The van der Waals surface area contributed by atoms with Crippen LogP contribution in [0.2, 0.25) is 0 Å². The first-order valence-electron chi connectivity index (χ1n) is 40.7. The first-order chi connectivity index (χ1) is 44.0. The van der Waals surface area contributed by atoms with Crippen LogP contribution in [0.25, 0.3) is 0 Å². The summed E-state index contributed by atoms with van der Waals surface area (Å²) in [6, 6.07) is -0.863. The number of allylic oxidation sites excluding steroid dienone is 3. The second-order valence-electron chi connectivity index (χ2n) is 29.5. The van der Waals surface area contributed by atoms with Gasteiger partial charge in [0.05, 0.1) is 39.9 Å². The number of nitrogens with one attached hydrogen (secondary N) is 1. The van der Waals surface area contributed by atoms with Crippen LogP contribution in [0, 0.1) is 0 Å². The molecule has 0 aliphatic carbocycles. The first-order valence-corrected chi connectivity index (χ1v) is 42.2. The Bertz CT molecular complexity index is 1520. The van der Waals surface area contributed by atoms with E-state index < -0.39 is 20.0 Å². The molecule has 3 N–H and O–H groups in total. The fourth-order valence-corrected chi connectivity index (χ4v) is 13.6. The van der Waals surface area contributed by atoms with Gasteiger partial charge < -0.3 is 19.8 Å². The predicted molar refractivity (Wildman–Crippen MR) is 397 cm³/mol. The monoisotopic (exact) mass is 1290 g/mol. The van der Waals surface area contributed by atoms with Gasteiger partial charge in [0.1, 0.15) is 13.2 Å². The van der Waals surface area contributed by atoms with E-state index in [1.807, 2.05) is 27.2 Å². The molecule has 536 valence electrons. The number of phosphoric ester groups is 1. The fourth-order valence-electron chi connectivity index (χ4n) is 12.9. The van der Waals surface area contributed by atoms with E-state index in [4.69, 9.17) is 9.05 Å². The van der Waals surface area contributed by atoms with Crippen molar-refractivity contribution >= 4 is 13.7 Å². The van der Waals surface area contributed by atoms with Crippen LogP contribution in [0.1, 0.15) is 438 Å². The van der Waals surface area contributed by atoms with E-state index in [2.05, 4.69) is 31.3 Å². The van der Waals surface area contributed by atoms with Crippen LogP contribution < -0.4 is 5.32 Å². The maximum absolute atomic E-state index is 13.1. The van der Waals surface area contributed by atoms with Crippen LogP contribution in [0.3, 0.4) is 0 Å². The van der Waals surface area contributed by atoms with Crippen LogP contribution in [0.15, 0.2) is 24.3 Å². The minimum atomic E-state index is -4.36. The molecule has 1 amide bonds. The lowest BCUT2D eigenvalue weighted by Crippen LogP contribution is -2.45. The van der Waals surface area contributed by atoms with Gasteiger partial charge in [-0.15, -0.1) is 0 Å². The van der Waals surface area contributed by atoms with Crippen LogP contribution in [-0.4, -0.2) is 73.4 Å². The molecule has 3 unspecified atom stereocenters. The minimum absolute atomic E-state index is 0.0592. The van der Waals surface area contributed by atoms with Gasteiger partial charge in [-0.25, -0.2) is 4.57 Å². The van der Waals surface area contributed by atoms with Crippen LogP contribution in [-0.2, 0) is 18.4 Å². The van der Waals surface area contributed by atoms with Gasteiger partial charge in [-0.3, -0.25) is 13.8 Å². The van der Waals surface area contributed by atoms with Crippen molar-refractivity contribution in [1.82, 2.24) is 5.32 Å². The summed E-state index contributed by atoms with van der Waals surface area (Å²) >= 11 is 0. The summed E-state index contributed by atoms with van der Waals surface area (Å²) in [7, 11) is 1.58. The van der Waals surface area contributed by atoms with Crippen LogP contribution >= 0.6 is 7.82 Å². The van der Waals surface area contributed by atoms with E-state index in [1.165, 1.54) is 379 Å². The lowest BCUT2D eigenvalue weighted by Gasteiger charge is -2.25. The van der Waals surface area contributed by atoms with Gasteiger partial charge in [-0.2, -0.15) is 0 Å². The quantitative estimate of drug-likeness (QED) is 0.0243. The summed E-state index contributed by atoms with van der Waals surface area (Å²) < 4.78 is 23.9. The number of carbonyl (C=O) groups is 1. The topological polar surface area (TPSA) is 105 Å². The van der Waals surface area contributed by atoms with E-state index in [0.29, 0.717) is 17.4 Å². The molecule has 0 saturated carbocycles. The molecule has 0 spiro atoms. The zero-order valence-corrected chi connectivity index (χ0v) is 62.6. The van der Waals surface area contributed by atoms with Crippen molar-refractivity contribution < 1.29 is 32.9 Å². The fraction of sp³-hybridized carbons (Fsp3) is 0.938. The second kappa shape index (κ2) is 72.3. The molecule has 0 fully saturated rings. The molecular weight excluding hydrogens is 1130 g/mol. The van der Waals surface area contributed by atoms with Gasteiger partial charge >= 0.3 is 7.82 Å². The summed E-state index contributed by atoms with van der Waals surface area (Å²) in [5, 5.41) is 14.0. The van der Waals surface area contributed by atoms with Crippen molar-refractivity contribution in [2.75, 3.05) is 40.9 Å². The molecule has 0 aromatic carbocycles. The standard InChI is InChI=1S/C81H161N2O6P/c1-6-8-10-12-14-16-18-20-22-24-26-28-30-32-34-35-36-37-38-39-40-41-42-43-44-45-46-47-49-51-53-55-57-59-61-63-65-67-69-71-73-75-81(85)82-79(78-89-90(86,87)88-77-76-83(3,4)5)80(84)74-72-70-68-66-64-62-60-58-56-54-52-50-48-33-31-29-27-25-23-21-19-17-15-13-11-9-7-2/h64,66,72,74,79-80,84H,6-63,65,67-71,73,75-78H2,1-5H3,(H-,82,85,86,87)/p+1/b66-64+,74-72+. The van der Waals surface area contributed by atoms with E-state index >= 15 is 0 Å². The number of phosphoric acid groups is 1. The van der Waals surface area contributed by atoms with Crippen LogP contribution in [0.5, 0.6) is 0 Å². The number of amides is 1. The number of likely N-dealkylation sites (N-methyl/N-ethyl adjacent to an activating group) is 1. The molecule has 3 atom stereocenters. The predicted octanol–water partition coefficient (Wildman–Crippen LogP) is 26.6. The summed E-state index contributed by atoms with van der Waals surface area (Å²) in [4.78, 5) is 23.5. The van der Waals surface area contributed by atoms with Crippen molar-refractivity contribution in [3.63, 3.8) is 0 Å². The Labute approximate surface area is 564 Å². The number of carbonyl (C=O) groups excluding carboxylic acids is 1. The molecule has 90 heavy (non-hydrogen) atoms. The molecule has 0 heterocycles. The van der Waals surface area contributed by atoms with Crippen LogP contribution in [0.4, 0.5) is 0 Å². The molecule has 0 aliphatic rings. The highest BCUT2D eigenvalue weighted by molar-refractivity contribution is 7.47. The van der Waals surface area contributed by atoms with E-state index in [0.717, 1.165) is 38.5 Å². The van der Waals surface area contributed by atoms with Gasteiger partial charge in [0, 0.05) is 6.42 Å². The van der Waals surface area contributed by atoms with Crippen molar-refractivity contribution in [2.45, 2.75) is 450 Å². The SMILES string of the molecule is CCCCCCCCCCCCCCCCCCCCCCC/C=C/CC/C=C/C(O)C(COP(=O)(O)OCC[N+](C)(C)C)NC(=O)CCCCCCCCCCCCCCCCCCCCCCCCCCCCCCCCCCCCCCCCCCC. The minimum Gasteiger partial charge on any atom is -0.387 e. The molecule has 9 heteroatoms. The third-order valence-corrected chi connectivity index (χ3v) is 20.2. The first kappa shape index (κ1) is 89.0. The van der Waals surface area contributed by atoms with Crippen molar-refractivity contribution in [1.29, 1.82) is 0 Å². The second-order valence-corrected chi connectivity index (χ2v) is 31.0. The molecule has 0 aromatic rings. The molecule has 0 aromatic heterocycles. The zero-order chi connectivity index (χ0) is 65.5. The molecule has 8 nitrogen and oxygen atoms in total. The highest BCUT2D eigenvalue weighted by Gasteiger charge is 2.28. The Morgan fingerprint density at radius 2 is 0.611 bits per heavy atom. The third kappa shape index (κ3) is 74.4. The van der Waals surface area contributed by atoms with Gasteiger partial charge in [-0.1, -0.05) is 423 Å². The molecule has 0 aliphatic heterocycles. The van der Waals surface area contributed by atoms with Gasteiger partial charge in [0.15, 0.2) is 0 Å². The molecule has 0 rings (SSSR count). The molecule has 0 bridgehead atoms. The third-order valence-electron chi connectivity index (χ3n) is 19.2. The smallest absolute Gasteiger partial charge is 0.387 e. The van der Waals surface area contributed by atoms with Crippen molar-refractivity contribution in [3.8, 4) is 0 Å². The molecule has 0 saturated heterocycles. The van der Waals surface area contributed by atoms with Crippen molar-refractivity contribution in [2.24, 2.45) is 0 Å². The number of unbranched alkanes of at least 4 members (excludes halogenated alkanes) is 62. The zero-order valence-electron chi connectivity index (χ0n) is 61.7. The average Bonchev–Trinajstić information content (AvgIpc) is 3.39. The van der Waals surface area contributed by atoms with E-state index in [1.54, 1.807) is 6.08 Å². The Morgan fingerprint density at radius 3 is 0.889 bits per heavy atom. The van der Waals surface area contributed by atoms with E-state index in [-0.39, 0.29) is 19.1 Å². The summed E-state index contributed by atoms with van der Waals surface area (Å²) in [5.41, 5.74) is 0. The lowest BCUT2D eigenvalue weighted by molar-refractivity contribution is -0.870. The lowest BCUT2D eigenvalue weighted by atomic mass is 10.0. The van der Waals surface area contributed by atoms with Gasteiger partial charge in [0.2, 0.25) is 5.91 Å². The number of nitrogens with zero attached hydrogens (tertiary/aromatic N) is 1. The highest BCUT2D eigenvalue weighted by Crippen LogP contribution is 2.43. The number of aliphatic hydroxyl groups excluding tert-OH is 1. The Morgan fingerprint density at radius 1 is 0.367 bits per heavy atom. The summed E-state index contributed by atoms with van der Waals surface area (Å²) in [6.07, 6.45) is 96.9. The Hall–Kier alpha value is -1.02. The Kier molecular flexibility index (Phi) is 71.4. The number of hydrogen-bond acceptors (Lipinski definition) is 5. The summed E-state index contributed by atoms with van der Waals surface area (Å²) in [6.45, 7) is 4.87. The van der Waals surface area contributed by atoms with E-state index in [9.17, 15) is 19.4 Å². The van der Waals surface area contributed by atoms with Crippen molar-refractivity contribution in [3.05, 3.63) is 24.3 Å². The molecule has 0 radical (unpaired) electrons. The maximum atomic E-state index is 13.1. The number of quaternary nitrogens is 1.